The molecule has 0 fully saturated rings. The number of hydrazone groups is 1. The fourth-order valence-corrected chi connectivity index (χ4v) is 4.64. The van der Waals surface area contributed by atoms with Crippen molar-refractivity contribution in [2.45, 2.75) is 5.16 Å². The van der Waals surface area contributed by atoms with Gasteiger partial charge in [0.2, 0.25) is 5.75 Å². The van der Waals surface area contributed by atoms with Gasteiger partial charge in [-0.25, -0.2) is 9.82 Å². The summed E-state index contributed by atoms with van der Waals surface area (Å²) >= 11 is 4.46. The van der Waals surface area contributed by atoms with Crippen molar-refractivity contribution in [3.8, 4) is 34.3 Å². The molecule has 0 saturated heterocycles. The van der Waals surface area contributed by atoms with Gasteiger partial charge in [-0.15, -0.1) is 10.2 Å². The van der Waals surface area contributed by atoms with Crippen LogP contribution in [0.15, 0.2) is 75.4 Å². The lowest BCUT2D eigenvalue weighted by Gasteiger charge is -2.15. The van der Waals surface area contributed by atoms with Crippen LogP contribution in [0.4, 0.5) is 4.39 Å². The van der Waals surface area contributed by atoms with Crippen LogP contribution in [-0.2, 0) is 4.79 Å². The second-order valence-corrected chi connectivity index (χ2v) is 9.50. The molecule has 38 heavy (non-hydrogen) atoms. The lowest BCUT2D eigenvalue weighted by molar-refractivity contribution is -0.118. The summed E-state index contributed by atoms with van der Waals surface area (Å²) in [6.07, 6.45) is 1.25. The number of hydrogen-bond donors (Lipinski definition) is 1. The predicted octanol–water partition coefficient (Wildman–Crippen LogP) is 5.10. The third-order valence-electron chi connectivity index (χ3n) is 5.25. The van der Waals surface area contributed by atoms with Crippen molar-refractivity contribution in [1.29, 1.82) is 0 Å². The van der Waals surface area contributed by atoms with Gasteiger partial charge in [0.25, 0.3) is 5.91 Å². The van der Waals surface area contributed by atoms with Gasteiger partial charge in [0.1, 0.15) is 5.82 Å². The molecule has 1 heterocycles. The fourth-order valence-electron chi connectivity index (χ4n) is 3.52. The van der Waals surface area contributed by atoms with E-state index in [0.29, 0.717) is 38.3 Å². The van der Waals surface area contributed by atoms with Crippen molar-refractivity contribution in [1.82, 2.24) is 20.2 Å². The maximum Gasteiger partial charge on any atom is 0.250 e. The zero-order valence-electron chi connectivity index (χ0n) is 20.6. The van der Waals surface area contributed by atoms with Gasteiger partial charge in [-0.1, -0.05) is 45.9 Å². The van der Waals surface area contributed by atoms with Gasteiger partial charge in [0.15, 0.2) is 22.5 Å². The quantitative estimate of drug-likeness (QED) is 0.154. The molecule has 0 unspecified atom stereocenters. The third-order valence-corrected chi connectivity index (χ3v) is 6.68. The molecule has 1 amide bonds. The topological polar surface area (TPSA) is 99.9 Å². The van der Waals surface area contributed by atoms with E-state index in [2.05, 4.69) is 36.7 Å². The van der Waals surface area contributed by atoms with E-state index in [1.165, 1.54) is 45.4 Å². The Hall–Kier alpha value is -3.90. The molecule has 4 aromatic rings. The first-order valence-electron chi connectivity index (χ1n) is 11.2. The standard InChI is InChI=1S/C26H23BrFN5O4S/c1-35-21-12-16(13-22(36-2)24(21)37-3)25-31-32-26(33(25)19-7-5-4-6-8-19)38-15-23(34)30-29-14-17-11-18(27)9-10-20(17)28/h4-14H,15H2,1-3H3,(H,30,34)/b29-14-. The summed E-state index contributed by atoms with van der Waals surface area (Å²) in [5.41, 5.74) is 4.13. The minimum Gasteiger partial charge on any atom is -0.493 e. The second kappa shape index (κ2) is 12.6. The number of amides is 1. The molecule has 12 heteroatoms. The zero-order valence-corrected chi connectivity index (χ0v) is 23.0. The van der Waals surface area contributed by atoms with E-state index < -0.39 is 11.7 Å². The predicted molar refractivity (Wildman–Crippen MR) is 147 cm³/mol. The summed E-state index contributed by atoms with van der Waals surface area (Å²) in [5.74, 6) is 1.07. The maximum absolute atomic E-state index is 13.9. The Labute approximate surface area is 231 Å². The molecule has 0 atom stereocenters. The number of para-hydroxylation sites is 1. The largest absolute Gasteiger partial charge is 0.493 e. The van der Waals surface area contributed by atoms with Crippen molar-refractivity contribution in [3.63, 3.8) is 0 Å². The smallest absolute Gasteiger partial charge is 0.250 e. The second-order valence-electron chi connectivity index (χ2n) is 7.64. The Morgan fingerprint density at radius 2 is 1.76 bits per heavy atom. The van der Waals surface area contributed by atoms with E-state index in [0.717, 1.165) is 5.69 Å². The summed E-state index contributed by atoms with van der Waals surface area (Å²) in [6.45, 7) is 0. The number of aromatic nitrogens is 3. The Balaban J connectivity index is 1.59. The fraction of sp³-hybridized carbons (Fsp3) is 0.154. The number of halogens is 2. The summed E-state index contributed by atoms with van der Waals surface area (Å²) in [6, 6.07) is 17.5. The van der Waals surface area contributed by atoms with Crippen LogP contribution in [0.3, 0.4) is 0 Å². The molecule has 0 aliphatic rings. The molecule has 4 rings (SSSR count). The maximum atomic E-state index is 13.9. The SMILES string of the molecule is COc1cc(-c2nnc(SCC(=O)N/N=C\c3cc(Br)ccc3F)n2-c2ccccc2)cc(OC)c1OC. The van der Waals surface area contributed by atoms with Crippen molar-refractivity contribution in [2.24, 2.45) is 5.10 Å². The highest BCUT2D eigenvalue weighted by molar-refractivity contribution is 9.10. The zero-order chi connectivity index (χ0) is 27.1. The number of carbonyl (C=O) groups is 1. The highest BCUT2D eigenvalue weighted by Crippen LogP contribution is 2.41. The van der Waals surface area contributed by atoms with Gasteiger partial charge in [-0.3, -0.25) is 9.36 Å². The molecule has 0 bridgehead atoms. The van der Waals surface area contributed by atoms with Crippen LogP contribution >= 0.6 is 27.7 Å². The number of nitrogens with one attached hydrogen (secondary N) is 1. The molecule has 1 N–H and O–H groups in total. The molecule has 9 nitrogen and oxygen atoms in total. The molecule has 0 spiro atoms. The molecule has 0 aliphatic carbocycles. The molecule has 0 radical (unpaired) electrons. The van der Waals surface area contributed by atoms with Gasteiger partial charge < -0.3 is 14.2 Å². The van der Waals surface area contributed by atoms with Crippen LogP contribution in [0.5, 0.6) is 17.2 Å². The summed E-state index contributed by atoms with van der Waals surface area (Å²) in [7, 11) is 4.61. The van der Waals surface area contributed by atoms with E-state index in [4.69, 9.17) is 14.2 Å². The van der Waals surface area contributed by atoms with Crippen LogP contribution < -0.4 is 19.6 Å². The van der Waals surface area contributed by atoms with Crippen molar-refractivity contribution >= 4 is 39.8 Å². The molecule has 0 aliphatic heterocycles. The van der Waals surface area contributed by atoms with Crippen molar-refractivity contribution in [2.75, 3.05) is 27.1 Å². The average Bonchev–Trinajstić information content (AvgIpc) is 3.37. The van der Waals surface area contributed by atoms with Gasteiger partial charge in [0.05, 0.1) is 33.3 Å². The van der Waals surface area contributed by atoms with Crippen LogP contribution in [0, 0.1) is 5.82 Å². The lowest BCUT2D eigenvalue weighted by Crippen LogP contribution is -2.20. The minimum atomic E-state index is -0.448. The number of carbonyl (C=O) groups excluding carboxylic acids is 1. The highest BCUT2D eigenvalue weighted by atomic mass is 79.9. The number of rotatable bonds is 10. The Kier molecular flexibility index (Phi) is 8.98. The molecule has 196 valence electrons. The molecule has 3 aromatic carbocycles. The van der Waals surface area contributed by atoms with Crippen LogP contribution in [0.2, 0.25) is 0 Å². The van der Waals surface area contributed by atoms with Crippen LogP contribution in [-0.4, -0.2) is 54.0 Å². The highest BCUT2D eigenvalue weighted by Gasteiger charge is 2.21. The Morgan fingerprint density at radius 1 is 1.05 bits per heavy atom. The number of thioether (sulfide) groups is 1. The number of ether oxygens (including phenoxy) is 3. The first kappa shape index (κ1) is 27.1. The van der Waals surface area contributed by atoms with E-state index in [9.17, 15) is 9.18 Å². The van der Waals surface area contributed by atoms with Gasteiger partial charge in [-0.05, 0) is 42.5 Å². The Bertz CT molecular complexity index is 1440. The number of methoxy groups -OCH3 is 3. The number of hydrogen-bond acceptors (Lipinski definition) is 8. The van der Waals surface area contributed by atoms with Crippen molar-refractivity contribution < 1.29 is 23.4 Å². The van der Waals surface area contributed by atoms with Crippen LogP contribution in [0.25, 0.3) is 17.1 Å². The summed E-state index contributed by atoms with van der Waals surface area (Å²) in [5, 5.41) is 13.1. The van der Waals surface area contributed by atoms with Gasteiger partial charge >= 0.3 is 0 Å². The van der Waals surface area contributed by atoms with E-state index in [-0.39, 0.29) is 11.3 Å². The van der Waals surface area contributed by atoms with Crippen LogP contribution in [0.1, 0.15) is 5.56 Å². The van der Waals surface area contributed by atoms with E-state index >= 15 is 0 Å². The van der Waals surface area contributed by atoms with E-state index in [1.54, 1.807) is 24.3 Å². The number of nitrogens with zero attached hydrogens (tertiary/aromatic N) is 4. The lowest BCUT2D eigenvalue weighted by atomic mass is 10.1. The summed E-state index contributed by atoms with van der Waals surface area (Å²) in [4.78, 5) is 12.5. The summed E-state index contributed by atoms with van der Waals surface area (Å²) < 4.78 is 32.8. The van der Waals surface area contributed by atoms with Gasteiger partial charge in [0, 0.05) is 21.3 Å². The molecular weight excluding hydrogens is 577 g/mol. The molecule has 1 aromatic heterocycles. The van der Waals surface area contributed by atoms with E-state index in [1.807, 2.05) is 34.9 Å². The first-order valence-corrected chi connectivity index (χ1v) is 12.9. The van der Waals surface area contributed by atoms with Gasteiger partial charge in [-0.2, -0.15) is 5.10 Å². The molecular formula is C26H23BrFN5O4S. The minimum absolute atomic E-state index is 0.00146. The molecule has 0 saturated carbocycles. The van der Waals surface area contributed by atoms with Crippen molar-refractivity contribution in [3.05, 3.63) is 76.5 Å². The normalized spacial score (nSPS) is 11.0. The third kappa shape index (κ3) is 6.14. The number of benzene rings is 3. The Morgan fingerprint density at radius 3 is 2.42 bits per heavy atom. The average molecular weight is 600 g/mol. The monoisotopic (exact) mass is 599 g/mol. The first-order chi connectivity index (χ1) is 18.4.